The Balaban J connectivity index is 1.98. The van der Waals surface area contributed by atoms with E-state index in [0.717, 1.165) is 17.0 Å². The fourth-order valence-corrected chi connectivity index (χ4v) is 2.11. The Labute approximate surface area is 116 Å². The highest BCUT2D eigenvalue weighted by molar-refractivity contribution is 6.52. The molecule has 0 saturated heterocycles. The van der Waals surface area contributed by atoms with Crippen molar-refractivity contribution >= 4 is 23.3 Å². The molecule has 1 N–H and O–H groups in total. The first kappa shape index (κ1) is 13.0. The molecule has 0 aliphatic carbocycles. The quantitative estimate of drug-likeness (QED) is 0.853. The summed E-state index contributed by atoms with van der Waals surface area (Å²) in [7, 11) is 0. The third-order valence-corrected chi connectivity index (χ3v) is 3.03. The monoisotopic (exact) mass is 290 g/mol. The van der Waals surface area contributed by atoms with Gasteiger partial charge in [0.15, 0.2) is 11.5 Å². The third-order valence-electron chi connectivity index (χ3n) is 3.03. The van der Waals surface area contributed by atoms with E-state index in [1.165, 1.54) is 12.1 Å². The molecule has 21 heavy (non-hydrogen) atoms. The number of carbonyl (C=O) groups is 3. The Morgan fingerprint density at radius 2 is 2.14 bits per heavy atom. The van der Waals surface area contributed by atoms with Crippen LogP contribution in [0.15, 0.2) is 28.8 Å². The number of hydrogen-bond donors (Lipinski definition) is 1. The lowest BCUT2D eigenvalue weighted by molar-refractivity contribution is -0.114. The van der Waals surface area contributed by atoms with Gasteiger partial charge in [-0.1, -0.05) is 11.2 Å². The van der Waals surface area contributed by atoms with Crippen LogP contribution in [0.3, 0.4) is 0 Å². The molecule has 3 rings (SSSR count). The molecule has 1 aromatic carbocycles. The lowest BCUT2D eigenvalue weighted by Gasteiger charge is -2.14. The number of halogens is 1. The zero-order chi connectivity index (χ0) is 15.1. The number of para-hydroxylation sites is 1. The van der Waals surface area contributed by atoms with Crippen molar-refractivity contribution in [3.8, 4) is 0 Å². The van der Waals surface area contributed by atoms with Crippen LogP contribution in [0.25, 0.3) is 0 Å². The van der Waals surface area contributed by atoms with E-state index in [1.807, 2.05) is 0 Å². The Kier molecular flexibility index (Phi) is 2.79. The molecule has 106 valence electrons. The first-order chi connectivity index (χ1) is 9.99. The van der Waals surface area contributed by atoms with E-state index in [0.29, 0.717) is 0 Å². The number of carbonyl (C=O) groups excluding carboxylic acids is 2. The number of nitrogens with zero attached hydrogens (tertiary/aromatic N) is 2. The lowest BCUT2D eigenvalue weighted by Crippen LogP contribution is -2.29. The van der Waals surface area contributed by atoms with Gasteiger partial charge in [0, 0.05) is 6.07 Å². The molecule has 7 nitrogen and oxygen atoms in total. The molecule has 2 heterocycles. The summed E-state index contributed by atoms with van der Waals surface area (Å²) in [4.78, 5) is 35.3. The Hall–Kier alpha value is -3.03. The van der Waals surface area contributed by atoms with Crippen molar-refractivity contribution in [2.24, 2.45) is 0 Å². The number of ketones is 1. The molecule has 0 radical (unpaired) electrons. The van der Waals surface area contributed by atoms with Gasteiger partial charge in [-0.2, -0.15) is 0 Å². The van der Waals surface area contributed by atoms with Gasteiger partial charge in [-0.25, -0.2) is 9.18 Å². The smallest absolute Gasteiger partial charge is 0.358 e. The molecule has 0 spiro atoms. The molecule has 1 aliphatic rings. The number of hydrogen-bond acceptors (Lipinski definition) is 5. The highest BCUT2D eigenvalue weighted by Crippen LogP contribution is 2.32. The van der Waals surface area contributed by atoms with Crippen LogP contribution in [0.4, 0.5) is 10.1 Å². The zero-order valence-electron chi connectivity index (χ0n) is 10.4. The van der Waals surface area contributed by atoms with E-state index in [1.54, 1.807) is 0 Å². The van der Waals surface area contributed by atoms with Crippen molar-refractivity contribution in [1.82, 2.24) is 5.16 Å². The number of Topliss-reactive ketones (excluding diaryl/α,β-unsaturated/α-hetero) is 1. The second-order valence-corrected chi connectivity index (χ2v) is 4.34. The van der Waals surface area contributed by atoms with E-state index in [-0.39, 0.29) is 29.2 Å². The minimum atomic E-state index is -1.29. The van der Waals surface area contributed by atoms with Crippen molar-refractivity contribution in [1.29, 1.82) is 0 Å². The molecular formula is C13H7FN2O5. The summed E-state index contributed by atoms with van der Waals surface area (Å²) in [5.41, 5.74) is -0.504. The molecular weight excluding hydrogens is 283 g/mol. The van der Waals surface area contributed by atoms with Gasteiger partial charge in [-0.05, 0) is 12.1 Å². The SMILES string of the molecule is O=C(O)c1cc(CN2C(=O)C(=O)c3cccc(F)c32)on1. The predicted octanol–water partition coefficient (Wildman–Crippen LogP) is 1.24. The second kappa shape index (κ2) is 4.51. The number of rotatable bonds is 3. The van der Waals surface area contributed by atoms with E-state index in [2.05, 4.69) is 5.16 Å². The maximum Gasteiger partial charge on any atom is 0.358 e. The minimum Gasteiger partial charge on any atom is -0.476 e. The lowest BCUT2D eigenvalue weighted by atomic mass is 10.1. The van der Waals surface area contributed by atoms with E-state index in [9.17, 15) is 18.8 Å². The Bertz CT molecular complexity index is 783. The summed E-state index contributed by atoms with van der Waals surface area (Å²) in [6, 6.07) is 4.92. The maximum atomic E-state index is 13.8. The Morgan fingerprint density at radius 1 is 1.38 bits per heavy atom. The molecule has 0 atom stereocenters. The summed E-state index contributed by atoms with van der Waals surface area (Å²) in [6.07, 6.45) is 0. The van der Waals surface area contributed by atoms with E-state index in [4.69, 9.17) is 9.63 Å². The number of anilines is 1. The van der Waals surface area contributed by atoms with Crippen LogP contribution < -0.4 is 4.90 Å². The van der Waals surface area contributed by atoms with Crippen molar-refractivity contribution in [2.45, 2.75) is 6.54 Å². The molecule has 8 heteroatoms. The third kappa shape index (κ3) is 1.97. The number of aromatic nitrogens is 1. The van der Waals surface area contributed by atoms with Crippen LogP contribution in [0.2, 0.25) is 0 Å². The number of carboxylic acid groups (broad SMARTS) is 1. The highest BCUT2D eigenvalue weighted by Gasteiger charge is 2.38. The molecule has 0 bridgehead atoms. The molecule has 0 unspecified atom stereocenters. The van der Waals surface area contributed by atoms with Crippen LogP contribution in [-0.4, -0.2) is 27.9 Å². The molecule has 1 amide bonds. The maximum absolute atomic E-state index is 13.8. The number of benzene rings is 1. The summed E-state index contributed by atoms with van der Waals surface area (Å²) in [5.74, 6) is -3.69. The van der Waals surface area contributed by atoms with Crippen LogP contribution in [-0.2, 0) is 11.3 Å². The van der Waals surface area contributed by atoms with E-state index >= 15 is 0 Å². The molecule has 2 aromatic rings. The van der Waals surface area contributed by atoms with Crippen molar-refractivity contribution in [2.75, 3.05) is 4.90 Å². The fourth-order valence-electron chi connectivity index (χ4n) is 2.11. The van der Waals surface area contributed by atoms with Gasteiger partial charge in [0.1, 0.15) is 5.82 Å². The zero-order valence-corrected chi connectivity index (χ0v) is 10.4. The fraction of sp³-hybridized carbons (Fsp3) is 0.0769. The normalized spacial score (nSPS) is 13.7. The minimum absolute atomic E-state index is 0.0297. The largest absolute Gasteiger partial charge is 0.476 e. The number of aromatic carboxylic acids is 1. The number of fused-ring (bicyclic) bond motifs is 1. The van der Waals surface area contributed by atoms with Crippen LogP contribution in [0, 0.1) is 5.82 Å². The number of amides is 1. The second-order valence-electron chi connectivity index (χ2n) is 4.34. The first-order valence-electron chi connectivity index (χ1n) is 5.82. The highest BCUT2D eigenvalue weighted by atomic mass is 19.1. The average Bonchev–Trinajstić information content (AvgIpc) is 3.00. The Morgan fingerprint density at radius 3 is 2.81 bits per heavy atom. The van der Waals surface area contributed by atoms with Gasteiger partial charge in [0.05, 0.1) is 17.8 Å². The van der Waals surface area contributed by atoms with Gasteiger partial charge in [0.25, 0.3) is 11.7 Å². The molecule has 1 aromatic heterocycles. The van der Waals surface area contributed by atoms with Crippen LogP contribution >= 0.6 is 0 Å². The summed E-state index contributed by atoms with van der Waals surface area (Å²) >= 11 is 0. The van der Waals surface area contributed by atoms with Crippen molar-refractivity contribution in [3.63, 3.8) is 0 Å². The summed E-state index contributed by atoms with van der Waals surface area (Å²) < 4.78 is 18.6. The van der Waals surface area contributed by atoms with Crippen LogP contribution in [0.5, 0.6) is 0 Å². The van der Waals surface area contributed by atoms with Gasteiger partial charge < -0.3 is 9.63 Å². The molecule has 0 saturated carbocycles. The summed E-state index contributed by atoms with van der Waals surface area (Å²) in [5, 5.41) is 12.0. The topological polar surface area (TPSA) is 101 Å². The van der Waals surface area contributed by atoms with Crippen LogP contribution in [0.1, 0.15) is 26.6 Å². The van der Waals surface area contributed by atoms with Gasteiger partial charge in [-0.3, -0.25) is 14.5 Å². The van der Waals surface area contributed by atoms with Gasteiger partial charge in [-0.15, -0.1) is 0 Å². The summed E-state index contributed by atoms with van der Waals surface area (Å²) in [6.45, 7) is -0.279. The van der Waals surface area contributed by atoms with Gasteiger partial charge in [0.2, 0.25) is 0 Å². The first-order valence-corrected chi connectivity index (χ1v) is 5.82. The standard InChI is InChI=1S/C13H7FN2O5/c14-8-3-1-2-7-10(8)16(12(18)11(7)17)5-6-4-9(13(19)20)15-21-6/h1-4H,5H2,(H,19,20). The van der Waals surface area contributed by atoms with Crippen molar-refractivity contribution < 1.29 is 28.4 Å². The van der Waals surface area contributed by atoms with Gasteiger partial charge >= 0.3 is 5.97 Å². The average molecular weight is 290 g/mol. The van der Waals surface area contributed by atoms with E-state index < -0.39 is 23.5 Å². The van der Waals surface area contributed by atoms with Crippen molar-refractivity contribution in [3.05, 3.63) is 47.1 Å². The number of carboxylic acids is 1. The predicted molar refractivity (Wildman–Crippen MR) is 65.4 cm³/mol. The molecule has 0 fully saturated rings. The molecule has 1 aliphatic heterocycles.